The molecule has 2 aromatic rings. The Morgan fingerprint density at radius 2 is 1.90 bits per heavy atom. The van der Waals surface area contributed by atoms with E-state index in [2.05, 4.69) is 11.8 Å². The molecule has 0 amide bonds. The molecule has 102 valence electrons. The number of benzene rings is 2. The molecule has 0 atom stereocenters. The van der Waals surface area contributed by atoms with Crippen LogP contribution in [0.3, 0.4) is 0 Å². The maximum absolute atomic E-state index is 13.9. The van der Waals surface area contributed by atoms with E-state index in [9.17, 15) is 4.39 Å². The first-order valence-corrected chi connectivity index (χ1v) is 7.41. The van der Waals surface area contributed by atoms with Crippen LogP contribution in [0.2, 0.25) is 5.02 Å². The zero-order chi connectivity index (χ0) is 14.4. The van der Waals surface area contributed by atoms with Crippen LogP contribution in [0, 0.1) is 17.7 Å². The summed E-state index contributed by atoms with van der Waals surface area (Å²) < 4.78 is 13.9. The minimum Gasteiger partial charge on any atom is -0.320 e. The van der Waals surface area contributed by atoms with E-state index >= 15 is 0 Å². The quantitative estimate of drug-likeness (QED) is 0.683. The van der Waals surface area contributed by atoms with Crippen LogP contribution in [0.5, 0.6) is 0 Å². The summed E-state index contributed by atoms with van der Waals surface area (Å²) in [6.07, 6.45) is 0. The van der Waals surface area contributed by atoms with E-state index in [1.54, 1.807) is 17.8 Å². The van der Waals surface area contributed by atoms with E-state index in [4.69, 9.17) is 17.3 Å². The van der Waals surface area contributed by atoms with E-state index in [-0.39, 0.29) is 12.4 Å². The van der Waals surface area contributed by atoms with Gasteiger partial charge < -0.3 is 5.73 Å². The van der Waals surface area contributed by atoms with E-state index in [0.717, 1.165) is 4.90 Å². The van der Waals surface area contributed by atoms with Crippen LogP contribution >= 0.6 is 23.4 Å². The van der Waals surface area contributed by atoms with Crippen molar-refractivity contribution in [2.45, 2.75) is 10.6 Å². The van der Waals surface area contributed by atoms with Crippen LogP contribution in [0.4, 0.5) is 4.39 Å². The van der Waals surface area contributed by atoms with Crippen LogP contribution in [-0.4, -0.2) is 6.54 Å². The molecule has 0 bridgehead atoms. The van der Waals surface area contributed by atoms with Gasteiger partial charge in [0.1, 0.15) is 5.82 Å². The molecular weight excluding hydrogens is 293 g/mol. The molecule has 2 N–H and O–H groups in total. The smallest absolute Gasteiger partial charge is 0.128 e. The highest BCUT2D eigenvalue weighted by molar-refractivity contribution is 7.98. The molecule has 0 heterocycles. The third-order valence-electron chi connectivity index (χ3n) is 2.60. The van der Waals surface area contributed by atoms with Crippen LogP contribution in [0.1, 0.15) is 11.1 Å². The Morgan fingerprint density at radius 3 is 2.55 bits per heavy atom. The molecule has 20 heavy (non-hydrogen) atoms. The third kappa shape index (κ3) is 4.28. The summed E-state index contributed by atoms with van der Waals surface area (Å²) in [5, 5.41) is 0.698. The summed E-state index contributed by atoms with van der Waals surface area (Å²) in [5.41, 5.74) is 6.59. The first-order chi connectivity index (χ1) is 9.69. The van der Waals surface area contributed by atoms with Gasteiger partial charge in [-0.2, -0.15) is 0 Å². The fraction of sp³-hybridized carbons (Fsp3) is 0.125. The summed E-state index contributed by atoms with van der Waals surface area (Å²) in [7, 11) is 0. The first kappa shape index (κ1) is 14.9. The van der Waals surface area contributed by atoms with Gasteiger partial charge in [-0.3, -0.25) is 0 Å². The predicted molar refractivity (Wildman–Crippen MR) is 83.3 cm³/mol. The van der Waals surface area contributed by atoms with E-state index in [1.807, 2.05) is 30.3 Å². The van der Waals surface area contributed by atoms with Crippen molar-refractivity contribution in [3.63, 3.8) is 0 Å². The van der Waals surface area contributed by atoms with Crippen LogP contribution in [-0.2, 0) is 5.75 Å². The fourth-order valence-electron chi connectivity index (χ4n) is 1.59. The molecule has 0 aliphatic heterocycles. The molecule has 0 aromatic heterocycles. The van der Waals surface area contributed by atoms with Gasteiger partial charge in [-0.15, -0.1) is 11.8 Å². The minimum absolute atomic E-state index is 0.240. The Labute approximate surface area is 127 Å². The number of nitrogens with two attached hydrogens (primary N) is 1. The zero-order valence-corrected chi connectivity index (χ0v) is 12.3. The molecule has 2 aromatic carbocycles. The Hall–Kier alpha value is -1.47. The summed E-state index contributed by atoms with van der Waals surface area (Å²) in [4.78, 5) is 1.06. The highest BCUT2D eigenvalue weighted by atomic mass is 35.5. The predicted octanol–water partition coefficient (Wildman–Crippen LogP) is 4.08. The average Bonchev–Trinajstić information content (AvgIpc) is 2.46. The van der Waals surface area contributed by atoms with E-state index < -0.39 is 0 Å². The number of thioether (sulfide) groups is 1. The van der Waals surface area contributed by atoms with Gasteiger partial charge in [-0.1, -0.05) is 29.5 Å². The van der Waals surface area contributed by atoms with Gasteiger partial charge in [-0.05, 0) is 42.0 Å². The number of halogens is 2. The third-order valence-corrected chi connectivity index (χ3v) is 3.91. The number of rotatable bonds is 3. The lowest BCUT2D eigenvalue weighted by molar-refractivity contribution is 0.617. The maximum Gasteiger partial charge on any atom is 0.128 e. The molecule has 0 saturated heterocycles. The zero-order valence-electron chi connectivity index (χ0n) is 10.7. The second-order valence-corrected chi connectivity index (χ2v) is 5.54. The SMILES string of the molecule is NCC#Cc1ccc(CSc2ccc(Cl)cc2)c(F)c1. The molecule has 0 aliphatic carbocycles. The summed E-state index contributed by atoms with van der Waals surface area (Å²) >= 11 is 7.39. The fourth-order valence-corrected chi connectivity index (χ4v) is 2.60. The molecule has 4 heteroatoms. The van der Waals surface area contributed by atoms with Crippen molar-refractivity contribution in [3.8, 4) is 11.8 Å². The highest BCUT2D eigenvalue weighted by Crippen LogP contribution is 2.25. The van der Waals surface area contributed by atoms with Gasteiger partial charge in [0.05, 0.1) is 6.54 Å². The molecule has 0 spiro atoms. The molecule has 0 fully saturated rings. The molecule has 0 unspecified atom stereocenters. The van der Waals surface area contributed by atoms with Crippen molar-refractivity contribution >= 4 is 23.4 Å². The van der Waals surface area contributed by atoms with Crippen LogP contribution in [0.15, 0.2) is 47.4 Å². The van der Waals surface area contributed by atoms with Crippen molar-refractivity contribution < 1.29 is 4.39 Å². The molecule has 0 radical (unpaired) electrons. The summed E-state index contributed by atoms with van der Waals surface area (Å²) in [5.74, 6) is 5.85. The van der Waals surface area contributed by atoms with Crippen LogP contribution < -0.4 is 5.73 Å². The van der Waals surface area contributed by atoms with Crippen molar-refractivity contribution in [2.24, 2.45) is 5.73 Å². The summed E-state index contributed by atoms with van der Waals surface area (Å²) in [6.45, 7) is 0.274. The van der Waals surface area contributed by atoms with Gasteiger partial charge >= 0.3 is 0 Å². The lowest BCUT2D eigenvalue weighted by Gasteiger charge is -2.04. The monoisotopic (exact) mass is 305 g/mol. The van der Waals surface area contributed by atoms with Gasteiger partial charge in [0.2, 0.25) is 0 Å². The second-order valence-electron chi connectivity index (χ2n) is 4.05. The lowest BCUT2D eigenvalue weighted by Crippen LogP contribution is -1.93. The molecule has 1 nitrogen and oxygen atoms in total. The maximum atomic E-state index is 13.9. The van der Waals surface area contributed by atoms with Crippen LogP contribution in [0.25, 0.3) is 0 Å². The standard InChI is InChI=1S/C16H13ClFNS/c17-14-5-7-15(8-6-14)20-11-13-4-3-12(2-1-9-19)10-16(13)18/h3-8,10H,9,11,19H2. The molecule has 0 saturated carbocycles. The van der Waals surface area contributed by atoms with Crippen molar-refractivity contribution in [1.29, 1.82) is 0 Å². The normalized spacial score (nSPS) is 9.95. The Balaban J connectivity index is 2.04. The van der Waals surface area contributed by atoms with E-state index in [0.29, 0.717) is 21.9 Å². The van der Waals surface area contributed by atoms with Crippen molar-refractivity contribution in [2.75, 3.05) is 6.54 Å². The first-order valence-electron chi connectivity index (χ1n) is 6.05. The largest absolute Gasteiger partial charge is 0.320 e. The lowest BCUT2D eigenvalue weighted by atomic mass is 10.1. The van der Waals surface area contributed by atoms with Gasteiger partial charge in [0.15, 0.2) is 0 Å². The van der Waals surface area contributed by atoms with Gasteiger partial charge in [0, 0.05) is 21.2 Å². The molecule has 2 rings (SSSR count). The van der Waals surface area contributed by atoms with E-state index in [1.165, 1.54) is 6.07 Å². The number of hydrogen-bond donors (Lipinski definition) is 1. The Bertz CT molecular complexity index is 644. The van der Waals surface area contributed by atoms with Gasteiger partial charge in [0.25, 0.3) is 0 Å². The topological polar surface area (TPSA) is 26.0 Å². The van der Waals surface area contributed by atoms with Gasteiger partial charge in [-0.25, -0.2) is 4.39 Å². The number of hydrogen-bond acceptors (Lipinski definition) is 2. The highest BCUT2D eigenvalue weighted by Gasteiger charge is 2.04. The Kier molecular flexibility index (Phi) is 5.49. The van der Waals surface area contributed by atoms with Crippen molar-refractivity contribution in [1.82, 2.24) is 0 Å². The Morgan fingerprint density at radius 1 is 1.15 bits per heavy atom. The van der Waals surface area contributed by atoms with Crippen molar-refractivity contribution in [3.05, 3.63) is 64.4 Å². The summed E-state index contributed by atoms with van der Waals surface area (Å²) in [6, 6.07) is 12.5. The molecular formula is C16H13ClFNS. The molecule has 0 aliphatic rings. The minimum atomic E-state index is -0.240. The average molecular weight is 306 g/mol. The second kappa shape index (κ2) is 7.35.